The summed E-state index contributed by atoms with van der Waals surface area (Å²) in [6.07, 6.45) is 1.72. The lowest BCUT2D eigenvalue weighted by Gasteiger charge is -2.20. The van der Waals surface area contributed by atoms with Gasteiger partial charge in [-0.2, -0.15) is 0 Å². The number of carbonyl (C=O) groups is 1. The summed E-state index contributed by atoms with van der Waals surface area (Å²) < 4.78 is 0. The molecule has 2 N–H and O–H groups in total. The Bertz CT molecular complexity index is 628. The van der Waals surface area contributed by atoms with Crippen molar-refractivity contribution in [3.05, 3.63) is 53.9 Å². The lowest BCUT2D eigenvalue weighted by molar-refractivity contribution is 0.246. The predicted octanol–water partition coefficient (Wildman–Crippen LogP) is 2.02. The first-order valence-corrected chi connectivity index (χ1v) is 6.01. The highest BCUT2D eigenvalue weighted by Crippen LogP contribution is 2.24. The zero-order valence-electron chi connectivity index (χ0n) is 10.2. The van der Waals surface area contributed by atoms with E-state index in [0.717, 1.165) is 11.3 Å². The van der Waals surface area contributed by atoms with Crippen LogP contribution in [0.3, 0.4) is 0 Å². The van der Waals surface area contributed by atoms with Crippen LogP contribution >= 0.6 is 0 Å². The first kappa shape index (κ1) is 11.5. The molecular weight excluding hydrogens is 242 g/mol. The minimum Gasteiger partial charge on any atom is -0.508 e. The number of hydrogen-bond acceptors (Lipinski definition) is 3. The van der Waals surface area contributed by atoms with Crippen LogP contribution in [0.25, 0.3) is 0 Å². The van der Waals surface area contributed by atoms with Crippen LogP contribution in [0.2, 0.25) is 0 Å². The third-order valence-corrected chi connectivity index (χ3v) is 3.11. The summed E-state index contributed by atoms with van der Waals surface area (Å²) in [6, 6.07) is 10.3. The van der Waals surface area contributed by atoms with Gasteiger partial charge >= 0.3 is 6.03 Å². The fourth-order valence-electron chi connectivity index (χ4n) is 2.14. The Morgan fingerprint density at radius 2 is 2.16 bits per heavy atom. The molecule has 2 heterocycles. The van der Waals surface area contributed by atoms with Gasteiger partial charge in [-0.25, -0.2) is 4.79 Å². The molecule has 5 nitrogen and oxygen atoms in total. The molecule has 1 aliphatic heterocycles. The van der Waals surface area contributed by atoms with Crippen LogP contribution in [-0.2, 0) is 13.1 Å². The number of phenolic OH excluding ortho intramolecular Hbond substituents is 1. The quantitative estimate of drug-likeness (QED) is 0.819. The monoisotopic (exact) mass is 255 g/mol. The maximum Gasteiger partial charge on any atom is 0.322 e. The molecule has 0 unspecified atom stereocenters. The number of pyridine rings is 1. The minimum atomic E-state index is -0.191. The van der Waals surface area contributed by atoms with Crippen LogP contribution in [-0.4, -0.2) is 16.1 Å². The molecule has 1 aromatic heterocycles. The average Bonchev–Trinajstić information content (AvgIpc) is 2.59. The molecule has 0 radical (unpaired) electrons. The Labute approximate surface area is 110 Å². The van der Waals surface area contributed by atoms with E-state index in [1.807, 2.05) is 12.1 Å². The van der Waals surface area contributed by atoms with Gasteiger partial charge in [0, 0.05) is 18.0 Å². The average molecular weight is 255 g/mol. The van der Waals surface area contributed by atoms with Crippen molar-refractivity contribution in [1.29, 1.82) is 0 Å². The van der Waals surface area contributed by atoms with E-state index in [4.69, 9.17) is 0 Å². The Balaban J connectivity index is 1.99. The molecule has 1 aliphatic rings. The topological polar surface area (TPSA) is 65.5 Å². The van der Waals surface area contributed by atoms with E-state index in [9.17, 15) is 9.90 Å². The van der Waals surface area contributed by atoms with Crippen LogP contribution in [0.4, 0.5) is 10.5 Å². The number of aromatic nitrogens is 1. The van der Waals surface area contributed by atoms with Crippen LogP contribution in [0, 0.1) is 0 Å². The third kappa shape index (κ3) is 2.22. The molecule has 0 saturated heterocycles. The molecule has 0 spiro atoms. The van der Waals surface area contributed by atoms with E-state index in [2.05, 4.69) is 10.3 Å². The molecule has 0 saturated carbocycles. The molecule has 0 fully saturated rings. The van der Waals surface area contributed by atoms with Gasteiger partial charge in [0.05, 0.1) is 18.8 Å². The van der Waals surface area contributed by atoms with Crippen molar-refractivity contribution in [3.63, 3.8) is 0 Å². The van der Waals surface area contributed by atoms with E-state index in [-0.39, 0.29) is 11.8 Å². The van der Waals surface area contributed by atoms with Crippen molar-refractivity contribution in [2.45, 2.75) is 13.1 Å². The van der Waals surface area contributed by atoms with Gasteiger partial charge in [0.15, 0.2) is 0 Å². The molecule has 96 valence electrons. The van der Waals surface area contributed by atoms with Crippen LogP contribution in [0.1, 0.15) is 11.3 Å². The fraction of sp³-hybridized carbons (Fsp3) is 0.143. The van der Waals surface area contributed by atoms with Crippen LogP contribution in [0.5, 0.6) is 5.75 Å². The maximum atomic E-state index is 12.1. The number of fused-ring (bicyclic) bond motifs is 1. The number of nitrogens with one attached hydrogen (secondary N) is 1. The zero-order chi connectivity index (χ0) is 13.2. The molecule has 5 heteroatoms. The summed E-state index contributed by atoms with van der Waals surface area (Å²) in [7, 11) is 0. The second-order valence-corrected chi connectivity index (χ2v) is 4.37. The Kier molecular flexibility index (Phi) is 2.79. The van der Waals surface area contributed by atoms with E-state index in [1.54, 1.807) is 35.4 Å². The van der Waals surface area contributed by atoms with E-state index in [0.29, 0.717) is 18.8 Å². The van der Waals surface area contributed by atoms with E-state index < -0.39 is 0 Å². The van der Waals surface area contributed by atoms with Crippen molar-refractivity contribution < 1.29 is 9.90 Å². The van der Waals surface area contributed by atoms with Crippen molar-refractivity contribution in [2.75, 3.05) is 4.90 Å². The molecule has 2 amide bonds. The van der Waals surface area contributed by atoms with Crippen molar-refractivity contribution in [2.24, 2.45) is 0 Å². The van der Waals surface area contributed by atoms with E-state index >= 15 is 0 Å². The van der Waals surface area contributed by atoms with Gasteiger partial charge in [0.25, 0.3) is 0 Å². The molecule has 2 aromatic rings. The highest BCUT2D eigenvalue weighted by Gasteiger charge is 2.21. The Hall–Kier alpha value is -2.56. The van der Waals surface area contributed by atoms with Gasteiger partial charge in [0.1, 0.15) is 5.75 Å². The lowest BCUT2D eigenvalue weighted by Crippen LogP contribution is -2.36. The summed E-state index contributed by atoms with van der Waals surface area (Å²) in [6.45, 7) is 0.864. The molecule has 0 atom stereocenters. The third-order valence-electron chi connectivity index (χ3n) is 3.11. The van der Waals surface area contributed by atoms with Crippen molar-refractivity contribution in [1.82, 2.24) is 10.3 Å². The molecule has 3 rings (SSSR count). The highest BCUT2D eigenvalue weighted by molar-refractivity contribution is 5.92. The Morgan fingerprint density at radius 3 is 3.00 bits per heavy atom. The van der Waals surface area contributed by atoms with Crippen molar-refractivity contribution >= 4 is 11.7 Å². The second-order valence-electron chi connectivity index (χ2n) is 4.37. The normalized spacial score (nSPS) is 14.5. The SMILES string of the molecule is O=C1NCc2ncccc2CN1c1cccc(O)c1. The standard InChI is InChI=1S/C14H13N3O2/c18-12-5-1-4-11(7-12)17-9-10-3-2-6-15-13(10)8-16-14(17)19/h1-7,18H,8-9H2,(H,16,19). The number of urea groups is 1. The number of rotatable bonds is 1. The van der Waals surface area contributed by atoms with E-state index in [1.165, 1.54) is 0 Å². The van der Waals surface area contributed by atoms with Gasteiger partial charge < -0.3 is 10.4 Å². The number of benzene rings is 1. The van der Waals surface area contributed by atoms with Gasteiger partial charge in [0.2, 0.25) is 0 Å². The van der Waals surface area contributed by atoms with Gasteiger partial charge in [-0.15, -0.1) is 0 Å². The number of aromatic hydroxyl groups is 1. The molecule has 19 heavy (non-hydrogen) atoms. The first-order chi connectivity index (χ1) is 9.24. The molecular formula is C14H13N3O2. The number of hydrogen-bond donors (Lipinski definition) is 2. The van der Waals surface area contributed by atoms with Gasteiger partial charge in [-0.1, -0.05) is 12.1 Å². The summed E-state index contributed by atoms with van der Waals surface area (Å²) in [5.74, 6) is 0.140. The van der Waals surface area contributed by atoms with Gasteiger partial charge in [-0.3, -0.25) is 9.88 Å². The smallest absolute Gasteiger partial charge is 0.322 e. The largest absolute Gasteiger partial charge is 0.508 e. The maximum absolute atomic E-state index is 12.1. The number of anilines is 1. The zero-order valence-corrected chi connectivity index (χ0v) is 10.2. The minimum absolute atomic E-state index is 0.140. The van der Waals surface area contributed by atoms with Crippen LogP contribution in [0.15, 0.2) is 42.6 Å². The number of phenols is 1. The lowest BCUT2D eigenvalue weighted by atomic mass is 10.2. The summed E-state index contributed by atoms with van der Waals surface area (Å²) in [5.41, 5.74) is 2.54. The molecule has 0 aliphatic carbocycles. The number of amides is 2. The summed E-state index contributed by atoms with van der Waals surface area (Å²) in [5, 5.41) is 12.3. The number of nitrogens with zero attached hydrogens (tertiary/aromatic N) is 2. The summed E-state index contributed by atoms with van der Waals surface area (Å²) >= 11 is 0. The predicted molar refractivity (Wildman–Crippen MR) is 70.8 cm³/mol. The molecule has 1 aromatic carbocycles. The highest BCUT2D eigenvalue weighted by atomic mass is 16.3. The van der Waals surface area contributed by atoms with Gasteiger partial charge in [-0.05, 0) is 23.8 Å². The molecule has 0 bridgehead atoms. The van der Waals surface area contributed by atoms with Crippen LogP contribution < -0.4 is 10.2 Å². The first-order valence-electron chi connectivity index (χ1n) is 6.01. The second kappa shape index (κ2) is 4.61. The number of carbonyl (C=O) groups excluding carboxylic acids is 1. The Morgan fingerprint density at radius 1 is 1.26 bits per heavy atom. The summed E-state index contributed by atoms with van der Waals surface area (Å²) in [4.78, 5) is 18.0. The van der Waals surface area contributed by atoms with Crippen molar-refractivity contribution in [3.8, 4) is 5.75 Å². The fourth-order valence-corrected chi connectivity index (χ4v) is 2.14.